The van der Waals surface area contributed by atoms with Gasteiger partial charge in [-0.1, -0.05) is 30.3 Å². The largest absolute Gasteiger partial charge is 0.479 e. The molecule has 0 bridgehead atoms. The van der Waals surface area contributed by atoms with Crippen molar-refractivity contribution >= 4 is 5.97 Å². The number of benzene rings is 1. The van der Waals surface area contributed by atoms with E-state index in [1.165, 1.54) is 5.56 Å². The lowest BCUT2D eigenvalue weighted by atomic mass is 10.1. The number of carbonyl (C=O) groups is 1. The van der Waals surface area contributed by atoms with E-state index in [1.807, 2.05) is 18.2 Å². The van der Waals surface area contributed by atoms with Crippen molar-refractivity contribution < 1.29 is 14.6 Å². The van der Waals surface area contributed by atoms with E-state index in [4.69, 9.17) is 9.84 Å². The second kappa shape index (κ2) is 5.29. The lowest BCUT2D eigenvalue weighted by Gasteiger charge is -2.36. The Balaban J connectivity index is 2.01. The highest BCUT2D eigenvalue weighted by Crippen LogP contribution is 2.15. The molecule has 17 heavy (non-hydrogen) atoms. The van der Waals surface area contributed by atoms with E-state index in [1.54, 1.807) is 0 Å². The van der Waals surface area contributed by atoms with Crippen LogP contribution in [0.2, 0.25) is 0 Å². The summed E-state index contributed by atoms with van der Waals surface area (Å²) in [7, 11) is 0. The molecular formula is C13H17NO3. The van der Waals surface area contributed by atoms with Gasteiger partial charge < -0.3 is 9.84 Å². The summed E-state index contributed by atoms with van der Waals surface area (Å²) in [5.41, 5.74) is 1.20. The second-order valence-electron chi connectivity index (χ2n) is 4.42. The fourth-order valence-corrected chi connectivity index (χ4v) is 1.99. The van der Waals surface area contributed by atoms with Crippen LogP contribution >= 0.6 is 0 Å². The Morgan fingerprint density at radius 3 is 2.82 bits per heavy atom. The molecule has 1 aliphatic heterocycles. The van der Waals surface area contributed by atoms with Crippen LogP contribution in [-0.4, -0.2) is 41.3 Å². The summed E-state index contributed by atoms with van der Waals surface area (Å²) in [4.78, 5) is 13.1. The van der Waals surface area contributed by atoms with E-state index in [-0.39, 0.29) is 6.04 Å². The molecule has 0 saturated carbocycles. The molecule has 2 rings (SSSR count). The second-order valence-corrected chi connectivity index (χ2v) is 4.42. The molecule has 2 atom stereocenters. The van der Waals surface area contributed by atoms with E-state index in [9.17, 15) is 4.79 Å². The highest BCUT2D eigenvalue weighted by Gasteiger charge is 2.30. The zero-order valence-electron chi connectivity index (χ0n) is 9.87. The van der Waals surface area contributed by atoms with Crippen LogP contribution in [0.3, 0.4) is 0 Å². The van der Waals surface area contributed by atoms with Crippen molar-refractivity contribution in [2.45, 2.75) is 25.6 Å². The molecule has 4 nitrogen and oxygen atoms in total. The normalized spacial score (nSPS) is 25.7. The minimum atomic E-state index is -0.880. The van der Waals surface area contributed by atoms with Gasteiger partial charge in [-0.05, 0) is 12.5 Å². The average Bonchev–Trinajstić information content (AvgIpc) is 2.33. The van der Waals surface area contributed by atoms with Crippen molar-refractivity contribution in [3.05, 3.63) is 35.9 Å². The fraction of sp³-hybridized carbons (Fsp3) is 0.462. The maximum Gasteiger partial charge on any atom is 0.334 e. The van der Waals surface area contributed by atoms with Gasteiger partial charge in [0.1, 0.15) is 0 Å². The SMILES string of the molecule is C[C@@H]1COC(C(=O)O)CN1Cc1ccccc1. The number of rotatable bonds is 3. The highest BCUT2D eigenvalue weighted by atomic mass is 16.5. The van der Waals surface area contributed by atoms with Crippen LogP contribution in [0.5, 0.6) is 0 Å². The number of morpholine rings is 1. The van der Waals surface area contributed by atoms with Crippen molar-refractivity contribution in [3.63, 3.8) is 0 Å². The Bertz CT molecular complexity index is 380. The van der Waals surface area contributed by atoms with Gasteiger partial charge in [-0.3, -0.25) is 4.90 Å². The van der Waals surface area contributed by atoms with Crippen LogP contribution in [0.1, 0.15) is 12.5 Å². The summed E-state index contributed by atoms with van der Waals surface area (Å²) in [5.74, 6) is -0.880. The summed E-state index contributed by atoms with van der Waals surface area (Å²) < 4.78 is 5.28. The molecule has 1 aromatic carbocycles. The molecule has 0 radical (unpaired) electrons. The minimum Gasteiger partial charge on any atom is -0.479 e. The van der Waals surface area contributed by atoms with Gasteiger partial charge in [0.05, 0.1) is 6.61 Å². The molecule has 0 spiro atoms. The van der Waals surface area contributed by atoms with Crippen LogP contribution < -0.4 is 0 Å². The smallest absolute Gasteiger partial charge is 0.334 e. The van der Waals surface area contributed by atoms with Crippen LogP contribution in [0.25, 0.3) is 0 Å². The number of aliphatic carboxylic acids is 1. The van der Waals surface area contributed by atoms with E-state index >= 15 is 0 Å². The molecule has 0 aromatic heterocycles. The van der Waals surface area contributed by atoms with E-state index in [0.717, 1.165) is 6.54 Å². The van der Waals surface area contributed by atoms with Crippen LogP contribution in [0, 0.1) is 0 Å². The van der Waals surface area contributed by atoms with Gasteiger partial charge in [0.25, 0.3) is 0 Å². The summed E-state index contributed by atoms with van der Waals surface area (Å²) in [6, 6.07) is 10.3. The molecule has 92 valence electrons. The molecule has 1 saturated heterocycles. The maximum atomic E-state index is 10.9. The molecule has 1 heterocycles. The Kier molecular flexibility index (Phi) is 3.76. The fourth-order valence-electron chi connectivity index (χ4n) is 1.99. The molecule has 1 aliphatic rings. The summed E-state index contributed by atoms with van der Waals surface area (Å²) in [5, 5.41) is 8.96. The monoisotopic (exact) mass is 235 g/mol. The molecule has 0 amide bonds. The third kappa shape index (κ3) is 3.05. The molecule has 1 aromatic rings. The molecule has 1 unspecified atom stereocenters. The first-order chi connectivity index (χ1) is 8.16. The zero-order chi connectivity index (χ0) is 12.3. The van der Waals surface area contributed by atoms with Gasteiger partial charge in [-0.15, -0.1) is 0 Å². The van der Waals surface area contributed by atoms with Crippen LogP contribution in [0.15, 0.2) is 30.3 Å². The number of nitrogens with zero attached hydrogens (tertiary/aromatic N) is 1. The van der Waals surface area contributed by atoms with Gasteiger partial charge >= 0.3 is 5.97 Å². The summed E-state index contributed by atoms with van der Waals surface area (Å²) in [6.45, 7) is 3.76. The lowest BCUT2D eigenvalue weighted by Crippen LogP contribution is -2.50. The molecule has 0 aliphatic carbocycles. The standard InChI is InChI=1S/C13H17NO3/c1-10-9-17-12(13(15)16)8-14(10)7-11-5-3-2-4-6-11/h2-6,10,12H,7-9H2,1H3,(H,15,16)/t10-,12?/m1/s1. The van der Waals surface area contributed by atoms with E-state index in [0.29, 0.717) is 13.2 Å². The number of hydrogen-bond acceptors (Lipinski definition) is 3. The number of hydrogen-bond donors (Lipinski definition) is 1. The van der Waals surface area contributed by atoms with Gasteiger partial charge in [0.2, 0.25) is 0 Å². The van der Waals surface area contributed by atoms with Crippen molar-refractivity contribution in [3.8, 4) is 0 Å². The first kappa shape index (κ1) is 12.1. The third-order valence-electron chi connectivity index (χ3n) is 3.07. The van der Waals surface area contributed by atoms with Crippen molar-refractivity contribution in [1.82, 2.24) is 4.90 Å². The van der Waals surface area contributed by atoms with Crippen LogP contribution in [0.4, 0.5) is 0 Å². The predicted molar refractivity (Wildman–Crippen MR) is 63.7 cm³/mol. The summed E-state index contributed by atoms with van der Waals surface area (Å²) >= 11 is 0. The number of carboxylic acid groups (broad SMARTS) is 1. The Morgan fingerprint density at radius 1 is 1.47 bits per heavy atom. The predicted octanol–water partition coefficient (Wildman–Crippen LogP) is 1.36. The Hall–Kier alpha value is -1.39. The van der Waals surface area contributed by atoms with Gasteiger partial charge in [-0.2, -0.15) is 0 Å². The number of carboxylic acids is 1. The topological polar surface area (TPSA) is 49.8 Å². The molecule has 1 fully saturated rings. The first-order valence-electron chi connectivity index (χ1n) is 5.79. The first-order valence-corrected chi connectivity index (χ1v) is 5.79. The summed E-state index contributed by atoms with van der Waals surface area (Å²) in [6.07, 6.45) is -0.699. The van der Waals surface area contributed by atoms with Gasteiger partial charge in [0.15, 0.2) is 6.10 Å². The van der Waals surface area contributed by atoms with Crippen LogP contribution in [-0.2, 0) is 16.1 Å². The lowest BCUT2D eigenvalue weighted by molar-refractivity contribution is -0.159. The third-order valence-corrected chi connectivity index (χ3v) is 3.07. The van der Waals surface area contributed by atoms with Gasteiger partial charge in [-0.25, -0.2) is 4.79 Å². The van der Waals surface area contributed by atoms with Crippen molar-refractivity contribution in [2.75, 3.05) is 13.2 Å². The molecule has 1 N–H and O–H groups in total. The van der Waals surface area contributed by atoms with Crippen molar-refractivity contribution in [1.29, 1.82) is 0 Å². The average molecular weight is 235 g/mol. The maximum absolute atomic E-state index is 10.9. The Labute approximate surface area is 101 Å². The Morgan fingerprint density at radius 2 is 2.18 bits per heavy atom. The quantitative estimate of drug-likeness (QED) is 0.859. The van der Waals surface area contributed by atoms with Crippen molar-refractivity contribution in [2.24, 2.45) is 0 Å². The molecular weight excluding hydrogens is 218 g/mol. The minimum absolute atomic E-state index is 0.255. The zero-order valence-corrected chi connectivity index (χ0v) is 9.87. The van der Waals surface area contributed by atoms with E-state index in [2.05, 4.69) is 24.0 Å². The highest BCUT2D eigenvalue weighted by molar-refractivity contribution is 5.72. The van der Waals surface area contributed by atoms with Gasteiger partial charge in [0, 0.05) is 19.1 Å². The molecule has 4 heteroatoms. The number of ether oxygens (including phenoxy) is 1. The van der Waals surface area contributed by atoms with E-state index < -0.39 is 12.1 Å².